The number of rotatable bonds is 3. The second kappa shape index (κ2) is 16.0. The first-order chi connectivity index (χ1) is 8.91. The van der Waals surface area contributed by atoms with Crippen molar-refractivity contribution in [2.24, 2.45) is 0 Å². The lowest BCUT2D eigenvalue weighted by Gasteiger charge is -2.05. The van der Waals surface area contributed by atoms with Gasteiger partial charge in [-0.1, -0.05) is 101 Å². The van der Waals surface area contributed by atoms with E-state index in [1.165, 1.54) is 57.8 Å². The first kappa shape index (κ1) is 17.0. The Morgan fingerprint density at radius 2 is 1.11 bits per heavy atom. The SMILES string of the molecule is C1CCCCC1.C=CCCCC.c1ccccc1. The average molecular weight is 246 g/mol. The Labute approximate surface area is 114 Å². The maximum atomic E-state index is 3.60. The van der Waals surface area contributed by atoms with E-state index in [1.807, 2.05) is 42.5 Å². The summed E-state index contributed by atoms with van der Waals surface area (Å²) >= 11 is 0. The van der Waals surface area contributed by atoms with Crippen LogP contribution in [0.5, 0.6) is 0 Å². The van der Waals surface area contributed by atoms with Gasteiger partial charge in [0.2, 0.25) is 0 Å². The highest BCUT2D eigenvalue weighted by atomic mass is 14.0. The summed E-state index contributed by atoms with van der Waals surface area (Å²) in [6, 6.07) is 12.0. The zero-order valence-electron chi connectivity index (χ0n) is 12.1. The third-order valence-corrected chi connectivity index (χ3v) is 2.93. The molecule has 0 saturated heterocycles. The zero-order valence-corrected chi connectivity index (χ0v) is 12.1. The van der Waals surface area contributed by atoms with Crippen LogP contribution >= 0.6 is 0 Å². The predicted octanol–water partition coefficient (Wildman–Crippen LogP) is 6.39. The molecule has 0 radical (unpaired) electrons. The number of hydrogen-bond acceptors (Lipinski definition) is 0. The average Bonchev–Trinajstić information content (AvgIpc) is 2.50. The van der Waals surface area contributed by atoms with E-state index < -0.39 is 0 Å². The largest absolute Gasteiger partial charge is 0.103 e. The fraction of sp³-hybridized carbons (Fsp3) is 0.556. The fourth-order valence-electron chi connectivity index (χ4n) is 1.79. The van der Waals surface area contributed by atoms with Gasteiger partial charge in [-0.2, -0.15) is 0 Å². The van der Waals surface area contributed by atoms with Crippen molar-refractivity contribution >= 4 is 0 Å². The fourth-order valence-corrected chi connectivity index (χ4v) is 1.79. The molecule has 0 atom stereocenters. The van der Waals surface area contributed by atoms with Crippen LogP contribution < -0.4 is 0 Å². The predicted molar refractivity (Wildman–Crippen MR) is 83.9 cm³/mol. The molecule has 1 aromatic carbocycles. The van der Waals surface area contributed by atoms with Crippen molar-refractivity contribution in [1.29, 1.82) is 0 Å². The molecule has 2 rings (SSSR count). The Bertz CT molecular complexity index is 195. The molecule has 1 fully saturated rings. The molecule has 0 aromatic heterocycles. The van der Waals surface area contributed by atoms with Gasteiger partial charge in [0.25, 0.3) is 0 Å². The molecule has 102 valence electrons. The minimum Gasteiger partial charge on any atom is -0.103 e. The van der Waals surface area contributed by atoms with Crippen molar-refractivity contribution < 1.29 is 0 Å². The van der Waals surface area contributed by atoms with E-state index in [4.69, 9.17) is 0 Å². The van der Waals surface area contributed by atoms with E-state index in [9.17, 15) is 0 Å². The lowest BCUT2D eigenvalue weighted by molar-refractivity contribution is 0.504. The van der Waals surface area contributed by atoms with Gasteiger partial charge in [0.1, 0.15) is 0 Å². The number of hydrogen-bond donors (Lipinski definition) is 0. The van der Waals surface area contributed by atoms with E-state index in [2.05, 4.69) is 13.5 Å². The first-order valence-corrected chi connectivity index (χ1v) is 7.52. The molecule has 1 aromatic rings. The lowest BCUT2D eigenvalue weighted by atomic mass is 10.0. The van der Waals surface area contributed by atoms with Gasteiger partial charge in [-0.3, -0.25) is 0 Å². The Morgan fingerprint density at radius 1 is 0.778 bits per heavy atom. The topological polar surface area (TPSA) is 0 Å². The van der Waals surface area contributed by atoms with Crippen LogP contribution in [0.3, 0.4) is 0 Å². The number of unbranched alkanes of at least 4 members (excludes halogenated alkanes) is 2. The highest BCUT2D eigenvalue weighted by molar-refractivity contribution is 4.99. The van der Waals surface area contributed by atoms with Crippen molar-refractivity contribution in [3.8, 4) is 0 Å². The number of allylic oxidation sites excluding steroid dienone is 1. The summed E-state index contributed by atoms with van der Waals surface area (Å²) in [6.07, 6.45) is 14.7. The monoisotopic (exact) mass is 246 g/mol. The van der Waals surface area contributed by atoms with E-state index in [1.54, 1.807) is 0 Å². The van der Waals surface area contributed by atoms with E-state index in [0.29, 0.717) is 0 Å². The quantitative estimate of drug-likeness (QED) is 0.428. The summed E-state index contributed by atoms with van der Waals surface area (Å²) in [7, 11) is 0. The summed E-state index contributed by atoms with van der Waals surface area (Å²) in [5.41, 5.74) is 0. The maximum absolute atomic E-state index is 3.60. The van der Waals surface area contributed by atoms with Crippen LogP contribution in [0, 0.1) is 0 Å². The van der Waals surface area contributed by atoms with E-state index in [0.717, 1.165) is 0 Å². The van der Waals surface area contributed by atoms with Crippen molar-refractivity contribution in [1.82, 2.24) is 0 Å². The Balaban J connectivity index is 0.000000241. The molecule has 0 heterocycles. The standard InChI is InChI=1S/C6H12.C6H6.C6H12/c2*1-2-4-6-5-3-1;1-3-5-6-4-2/h1-6H2;1-6H;3H,1,4-6H2,2H3. The molecule has 0 aliphatic heterocycles. The minimum atomic E-state index is 1.18. The Morgan fingerprint density at radius 3 is 1.28 bits per heavy atom. The molecule has 0 nitrogen and oxygen atoms in total. The van der Waals surface area contributed by atoms with Gasteiger partial charge in [-0.05, 0) is 6.42 Å². The third kappa shape index (κ3) is 15.0. The van der Waals surface area contributed by atoms with Crippen molar-refractivity contribution in [2.45, 2.75) is 64.7 Å². The molecular formula is C18H30. The summed E-state index contributed by atoms with van der Waals surface area (Å²) in [5, 5.41) is 0. The Kier molecular flexibility index (Phi) is 15.0. The molecule has 0 heteroatoms. The highest BCUT2D eigenvalue weighted by Crippen LogP contribution is 2.15. The van der Waals surface area contributed by atoms with Crippen LogP contribution in [0.1, 0.15) is 64.7 Å². The summed E-state index contributed by atoms with van der Waals surface area (Å²) in [5.74, 6) is 0. The second-order valence-electron chi connectivity index (χ2n) is 4.71. The van der Waals surface area contributed by atoms with Crippen LogP contribution in [0.15, 0.2) is 49.1 Å². The van der Waals surface area contributed by atoms with Gasteiger partial charge in [0, 0.05) is 0 Å². The number of benzene rings is 1. The lowest BCUT2D eigenvalue weighted by Crippen LogP contribution is -1.85. The molecule has 0 N–H and O–H groups in total. The minimum absolute atomic E-state index is 1.18. The van der Waals surface area contributed by atoms with Gasteiger partial charge in [-0.25, -0.2) is 0 Å². The van der Waals surface area contributed by atoms with Crippen molar-refractivity contribution in [3.63, 3.8) is 0 Å². The molecular weight excluding hydrogens is 216 g/mol. The van der Waals surface area contributed by atoms with Crippen molar-refractivity contribution in [3.05, 3.63) is 49.1 Å². The maximum Gasteiger partial charge on any atom is -0.0354 e. The van der Waals surface area contributed by atoms with Gasteiger partial charge < -0.3 is 0 Å². The molecule has 0 bridgehead atoms. The Hall–Kier alpha value is -1.04. The molecule has 1 saturated carbocycles. The second-order valence-corrected chi connectivity index (χ2v) is 4.71. The van der Waals surface area contributed by atoms with Crippen LogP contribution in [-0.2, 0) is 0 Å². The summed E-state index contributed by atoms with van der Waals surface area (Å²) in [6.45, 7) is 5.78. The van der Waals surface area contributed by atoms with E-state index >= 15 is 0 Å². The molecule has 18 heavy (non-hydrogen) atoms. The molecule has 0 unspecified atom stereocenters. The van der Waals surface area contributed by atoms with Gasteiger partial charge in [-0.15, -0.1) is 6.58 Å². The normalized spacial score (nSPS) is 13.4. The van der Waals surface area contributed by atoms with Gasteiger partial charge in [0.15, 0.2) is 0 Å². The van der Waals surface area contributed by atoms with Crippen LogP contribution in [-0.4, -0.2) is 0 Å². The van der Waals surface area contributed by atoms with E-state index in [-0.39, 0.29) is 0 Å². The molecule has 0 spiro atoms. The summed E-state index contributed by atoms with van der Waals surface area (Å²) in [4.78, 5) is 0. The smallest absolute Gasteiger partial charge is 0.0354 e. The van der Waals surface area contributed by atoms with Gasteiger partial charge in [0.05, 0.1) is 0 Å². The van der Waals surface area contributed by atoms with Crippen LogP contribution in [0.25, 0.3) is 0 Å². The molecule has 0 amide bonds. The highest BCUT2D eigenvalue weighted by Gasteiger charge is 1.95. The van der Waals surface area contributed by atoms with Crippen LogP contribution in [0.2, 0.25) is 0 Å². The van der Waals surface area contributed by atoms with Crippen molar-refractivity contribution in [2.75, 3.05) is 0 Å². The molecule has 1 aliphatic carbocycles. The molecule has 1 aliphatic rings. The summed E-state index contributed by atoms with van der Waals surface area (Å²) < 4.78 is 0. The van der Waals surface area contributed by atoms with Crippen LogP contribution in [0.4, 0.5) is 0 Å². The zero-order chi connectivity index (χ0) is 13.3. The first-order valence-electron chi connectivity index (χ1n) is 7.52. The third-order valence-electron chi connectivity index (χ3n) is 2.93. The van der Waals surface area contributed by atoms with Gasteiger partial charge >= 0.3 is 0 Å².